The number of thioether (sulfide) groups is 1. The molecule has 0 spiro atoms. The number of carbonyl (C=O) groups excluding carboxylic acids is 1. The van der Waals surface area contributed by atoms with Crippen LogP contribution in [0, 0.1) is 0 Å². The lowest BCUT2D eigenvalue weighted by Gasteiger charge is -2.08. The van der Waals surface area contributed by atoms with Crippen LogP contribution in [0.5, 0.6) is 11.5 Å². The third-order valence-electron chi connectivity index (χ3n) is 5.13. The Hall–Kier alpha value is -2.85. The second-order valence-corrected chi connectivity index (χ2v) is 10.8. The summed E-state index contributed by atoms with van der Waals surface area (Å²) in [4.78, 5) is 23.7. The van der Waals surface area contributed by atoms with Crippen molar-refractivity contribution in [2.45, 2.75) is 30.0 Å². The number of aromatic nitrogens is 2. The predicted molar refractivity (Wildman–Crippen MR) is 127 cm³/mol. The van der Waals surface area contributed by atoms with Gasteiger partial charge >= 0.3 is 0 Å². The Balaban J connectivity index is 1.57. The number of hydrogen-bond donors (Lipinski definition) is 2. The number of carbonyl (C=O) groups is 1. The lowest BCUT2D eigenvalue weighted by molar-refractivity contribution is -0.120. The largest absolute Gasteiger partial charge is 0.456 e. The molecular weight excluding hydrogens is 448 g/mol. The summed E-state index contributed by atoms with van der Waals surface area (Å²) in [6, 6.07) is 8.97. The highest BCUT2D eigenvalue weighted by molar-refractivity contribution is 8.15. The summed E-state index contributed by atoms with van der Waals surface area (Å²) in [5.41, 5.74) is 3.05. The van der Waals surface area contributed by atoms with Crippen LogP contribution in [0.1, 0.15) is 24.6 Å². The fourth-order valence-corrected chi connectivity index (χ4v) is 5.15. The number of H-pyrrole nitrogens is 1. The third-order valence-corrected chi connectivity index (χ3v) is 7.35. The van der Waals surface area contributed by atoms with Crippen molar-refractivity contribution in [2.24, 2.45) is 4.99 Å². The van der Waals surface area contributed by atoms with Gasteiger partial charge in [0.1, 0.15) is 16.5 Å². The summed E-state index contributed by atoms with van der Waals surface area (Å²) in [6.07, 6.45) is 3.77. The monoisotopic (exact) mass is 472 g/mol. The highest BCUT2D eigenvalue weighted by Crippen LogP contribution is 2.33. The molecule has 1 amide bonds. The van der Waals surface area contributed by atoms with E-state index in [0.717, 1.165) is 39.9 Å². The van der Waals surface area contributed by atoms with Gasteiger partial charge in [0.25, 0.3) is 0 Å². The first-order valence-electron chi connectivity index (χ1n) is 10.2. The van der Waals surface area contributed by atoms with Crippen LogP contribution in [0.2, 0.25) is 0 Å². The summed E-state index contributed by atoms with van der Waals surface area (Å²) in [7, 11) is -1.71. The summed E-state index contributed by atoms with van der Waals surface area (Å²) in [5, 5.41) is 4.71. The maximum absolute atomic E-state index is 11.7. The van der Waals surface area contributed by atoms with Crippen molar-refractivity contribution < 1.29 is 17.9 Å². The van der Waals surface area contributed by atoms with Crippen molar-refractivity contribution in [1.82, 2.24) is 15.3 Å². The van der Waals surface area contributed by atoms with E-state index in [9.17, 15) is 13.2 Å². The average molecular weight is 473 g/mol. The van der Waals surface area contributed by atoms with Crippen molar-refractivity contribution >= 4 is 43.5 Å². The van der Waals surface area contributed by atoms with Gasteiger partial charge in [-0.1, -0.05) is 18.7 Å². The molecule has 0 saturated carbocycles. The molecule has 3 aromatic rings. The number of nitrogens with one attached hydrogen (secondary N) is 2. The van der Waals surface area contributed by atoms with E-state index in [-0.39, 0.29) is 16.2 Å². The van der Waals surface area contributed by atoms with Crippen molar-refractivity contribution in [3.8, 4) is 11.5 Å². The Labute approximate surface area is 190 Å². The Morgan fingerprint density at radius 3 is 2.75 bits per heavy atom. The average Bonchev–Trinajstić information content (AvgIpc) is 3.39. The Bertz CT molecular complexity index is 1300. The minimum atomic E-state index is -3.36. The number of amides is 1. The number of aryl methyl sites for hydroxylation is 1. The smallest absolute Gasteiger partial charge is 0.220 e. The first kappa shape index (κ1) is 22.3. The van der Waals surface area contributed by atoms with Crippen LogP contribution in [-0.4, -0.2) is 54.4 Å². The number of pyridine rings is 1. The van der Waals surface area contributed by atoms with Crippen molar-refractivity contribution in [3.63, 3.8) is 0 Å². The summed E-state index contributed by atoms with van der Waals surface area (Å²) >= 11 is 1.62. The summed E-state index contributed by atoms with van der Waals surface area (Å²) < 4.78 is 29.1. The second kappa shape index (κ2) is 8.95. The fraction of sp³-hybridized carbons (Fsp3) is 0.318. The zero-order valence-corrected chi connectivity index (χ0v) is 19.6. The van der Waals surface area contributed by atoms with Crippen molar-refractivity contribution in [2.75, 3.05) is 19.8 Å². The van der Waals surface area contributed by atoms with Gasteiger partial charge in [0.15, 0.2) is 14.9 Å². The molecule has 168 valence electrons. The molecule has 4 rings (SSSR count). The molecule has 2 aromatic heterocycles. The molecule has 1 aromatic carbocycles. The number of fused-ring (bicyclic) bond motifs is 1. The zero-order valence-electron chi connectivity index (χ0n) is 18.0. The molecule has 0 radical (unpaired) electrons. The topological polar surface area (TPSA) is 114 Å². The molecule has 3 heterocycles. The molecule has 1 aliphatic heterocycles. The third kappa shape index (κ3) is 4.81. The van der Waals surface area contributed by atoms with E-state index < -0.39 is 9.84 Å². The summed E-state index contributed by atoms with van der Waals surface area (Å²) in [6.45, 7) is 2.69. The van der Waals surface area contributed by atoms with E-state index in [0.29, 0.717) is 24.5 Å². The second-order valence-electron chi connectivity index (χ2n) is 7.55. The number of sulfone groups is 1. The van der Waals surface area contributed by atoms with Crippen molar-refractivity contribution in [1.29, 1.82) is 0 Å². The van der Waals surface area contributed by atoms with Gasteiger partial charge in [-0.15, -0.1) is 0 Å². The number of benzene rings is 1. The van der Waals surface area contributed by atoms with Gasteiger partial charge in [0, 0.05) is 35.9 Å². The molecule has 0 saturated heterocycles. The molecule has 0 fully saturated rings. The van der Waals surface area contributed by atoms with Gasteiger partial charge in [0.05, 0.1) is 18.4 Å². The van der Waals surface area contributed by atoms with Crippen molar-refractivity contribution in [3.05, 3.63) is 47.8 Å². The SMILES string of the molecule is CCc1cc(Oc2ccc(S(C)(=O)=O)nc2)cc2cc(C3=NCC(CC(=O)NC)S3)[nH]c12. The maximum Gasteiger partial charge on any atom is 0.220 e. The number of nitrogens with zero attached hydrogens (tertiary/aromatic N) is 2. The van der Waals surface area contributed by atoms with Gasteiger partial charge < -0.3 is 15.0 Å². The molecule has 2 N–H and O–H groups in total. The van der Waals surface area contributed by atoms with Gasteiger partial charge in [-0.3, -0.25) is 9.79 Å². The van der Waals surface area contributed by atoms with E-state index in [4.69, 9.17) is 4.74 Å². The molecule has 0 aliphatic carbocycles. The standard InChI is InChI=1S/C22H24N4O4S2/c1-4-13-7-16(30-15-5-6-20(24-11-15)32(3,28)29)8-14-9-18(26-21(13)14)22-25-12-17(31-22)10-19(27)23-2/h5-9,11,17,26H,4,10,12H2,1-3H3,(H,23,27). The van der Waals surface area contributed by atoms with Crippen LogP contribution in [-0.2, 0) is 21.1 Å². The van der Waals surface area contributed by atoms with E-state index in [2.05, 4.69) is 27.2 Å². The summed E-state index contributed by atoms with van der Waals surface area (Å²) in [5.74, 6) is 1.12. The Morgan fingerprint density at radius 2 is 2.09 bits per heavy atom. The van der Waals surface area contributed by atoms with Gasteiger partial charge in [-0.05, 0) is 42.3 Å². The molecule has 32 heavy (non-hydrogen) atoms. The van der Waals surface area contributed by atoms with Gasteiger partial charge in [-0.25, -0.2) is 13.4 Å². The number of ether oxygens (including phenoxy) is 1. The molecule has 1 aliphatic rings. The predicted octanol–water partition coefficient (Wildman–Crippen LogP) is 3.32. The molecular formula is C22H24N4O4S2. The highest BCUT2D eigenvalue weighted by Gasteiger charge is 2.24. The quantitative estimate of drug-likeness (QED) is 0.545. The number of hydrogen-bond acceptors (Lipinski definition) is 7. The van der Waals surface area contributed by atoms with E-state index in [1.54, 1.807) is 24.9 Å². The first-order valence-corrected chi connectivity index (χ1v) is 13.0. The van der Waals surface area contributed by atoms with Crippen LogP contribution in [0.15, 0.2) is 46.5 Å². The normalized spacial score (nSPS) is 16.2. The minimum absolute atomic E-state index is 0.00869. The highest BCUT2D eigenvalue weighted by atomic mass is 32.2. The van der Waals surface area contributed by atoms with Gasteiger partial charge in [0.2, 0.25) is 5.91 Å². The number of rotatable bonds is 7. The number of aromatic amines is 1. The zero-order chi connectivity index (χ0) is 22.9. The fourth-order valence-electron chi connectivity index (χ4n) is 3.51. The Kier molecular flexibility index (Phi) is 6.25. The Morgan fingerprint density at radius 1 is 1.28 bits per heavy atom. The van der Waals surface area contributed by atoms with E-state index >= 15 is 0 Å². The molecule has 1 atom stereocenters. The van der Waals surface area contributed by atoms with Crippen LogP contribution >= 0.6 is 11.8 Å². The van der Waals surface area contributed by atoms with Crippen LogP contribution < -0.4 is 10.1 Å². The van der Waals surface area contributed by atoms with E-state index in [1.165, 1.54) is 12.3 Å². The first-order chi connectivity index (χ1) is 15.3. The lowest BCUT2D eigenvalue weighted by Crippen LogP contribution is -2.22. The van der Waals surface area contributed by atoms with Crippen LogP contribution in [0.3, 0.4) is 0 Å². The van der Waals surface area contributed by atoms with Crippen LogP contribution in [0.4, 0.5) is 0 Å². The molecule has 1 unspecified atom stereocenters. The molecule has 0 bridgehead atoms. The molecule has 8 nitrogen and oxygen atoms in total. The maximum atomic E-state index is 11.7. The number of aliphatic imine (C=N–C) groups is 1. The lowest BCUT2D eigenvalue weighted by atomic mass is 10.1. The van der Waals surface area contributed by atoms with E-state index in [1.807, 2.05) is 18.2 Å². The molecule has 10 heteroatoms. The van der Waals surface area contributed by atoms with Gasteiger partial charge in [-0.2, -0.15) is 0 Å². The minimum Gasteiger partial charge on any atom is -0.456 e. The van der Waals surface area contributed by atoms with Crippen LogP contribution in [0.25, 0.3) is 10.9 Å².